The van der Waals surface area contributed by atoms with Gasteiger partial charge in [0.05, 0.1) is 6.20 Å². The van der Waals surface area contributed by atoms with E-state index in [0.29, 0.717) is 11.6 Å². The predicted molar refractivity (Wildman–Crippen MR) is 69.2 cm³/mol. The first-order valence-corrected chi connectivity index (χ1v) is 5.80. The van der Waals surface area contributed by atoms with Crippen LogP contribution in [0.15, 0.2) is 24.4 Å². The third-order valence-electron chi connectivity index (χ3n) is 3.17. The van der Waals surface area contributed by atoms with Gasteiger partial charge in [0.1, 0.15) is 0 Å². The molecule has 0 amide bonds. The highest BCUT2D eigenvalue weighted by molar-refractivity contribution is 5.86. The molecule has 0 spiro atoms. The molecule has 0 fully saturated rings. The molecule has 96 valence electrons. The quantitative estimate of drug-likeness (QED) is 0.735. The summed E-state index contributed by atoms with van der Waals surface area (Å²) in [6.07, 6.45) is 1.28. The van der Waals surface area contributed by atoms with Crippen molar-refractivity contribution in [1.29, 1.82) is 0 Å². The number of carboxylic acids is 1. The third kappa shape index (κ3) is 1.77. The fourth-order valence-corrected chi connectivity index (χ4v) is 1.93. The Morgan fingerprint density at radius 1 is 1.32 bits per heavy atom. The summed E-state index contributed by atoms with van der Waals surface area (Å²) >= 11 is 0. The van der Waals surface area contributed by atoms with E-state index in [1.54, 1.807) is 0 Å². The number of fused-ring (bicyclic) bond motifs is 1. The SMILES string of the molecule is Cc1ccc(-c2nc3ncc(C(=O)O)n3[nH]2)cc1C. The van der Waals surface area contributed by atoms with E-state index in [2.05, 4.69) is 15.1 Å². The number of hydrogen-bond donors (Lipinski definition) is 2. The smallest absolute Gasteiger partial charge is 0.356 e. The van der Waals surface area contributed by atoms with E-state index in [1.165, 1.54) is 16.3 Å². The minimum Gasteiger partial charge on any atom is -0.476 e. The summed E-state index contributed by atoms with van der Waals surface area (Å²) in [5.41, 5.74) is 3.33. The zero-order valence-electron chi connectivity index (χ0n) is 10.5. The van der Waals surface area contributed by atoms with Crippen molar-refractivity contribution in [3.63, 3.8) is 0 Å². The van der Waals surface area contributed by atoms with Crippen LogP contribution in [-0.2, 0) is 0 Å². The Balaban J connectivity index is 2.15. The number of nitrogens with one attached hydrogen (secondary N) is 1. The number of aryl methyl sites for hydroxylation is 2. The Kier molecular flexibility index (Phi) is 2.38. The van der Waals surface area contributed by atoms with E-state index in [0.717, 1.165) is 11.1 Å². The van der Waals surface area contributed by atoms with Crippen LogP contribution in [0.2, 0.25) is 0 Å². The van der Waals surface area contributed by atoms with Crippen molar-refractivity contribution >= 4 is 11.7 Å². The van der Waals surface area contributed by atoms with E-state index in [4.69, 9.17) is 5.11 Å². The number of benzene rings is 1. The monoisotopic (exact) mass is 256 g/mol. The van der Waals surface area contributed by atoms with E-state index in [1.807, 2.05) is 32.0 Å². The van der Waals surface area contributed by atoms with Crippen molar-refractivity contribution in [2.75, 3.05) is 0 Å². The van der Waals surface area contributed by atoms with E-state index in [9.17, 15) is 4.79 Å². The summed E-state index contributed by atoms with van der Waals surface area (Å²) in [6.45, 7) is 4.06. The van der Waals surface area contributed by atoms with Crippen LogP contribution >= 0.6 is 0 Å². The molecule has 0 aliphatic heterocycles. The molecule has 1 aromatic carbocycles. The molecule has 3 rings (SSSR count). The van der Waals surface area contributed by atoms with Gasteiger partial charge in [0.25, 0.3) is 5.78 Å². The molecule has 0 atom stereocenters. The van der Waals surface area contributed by atoms with Crippen LogP contribution < -0.4 is 0 Å². The molecule has 3 aromatic rings. The van der Waals surface area contributed by atoms with Crippen molar-refractivity contribution < 1.29 is 9.90 Å². The lowest BCUT2D eigenvalue weighted by Crippen LogP contribution is -2.01. The van der Waals surface area contributed by atoms with Crippen molar-refractivity contribution in [1.82, 2.24) is 19.6 Å². The number of aromatic carboxylic acids is 1. The molecule has 0 bridgehead atoms. The summed E-state index contributed by atoms with van der Waals surface area (Å²) in [5.74, 6) is -0.0814. The largest absolute Gasteiger partial charge is 0.476 e. The predicted octanol–water partition coefficient (Wildman–Crippen LogP) is 2.04. The van der Waals surface area contributed by atoms with Gasteiger partial charge in [0.2, 0.25) is 0 Å². The Morgan fingerprint density at radius 2 is 2.11 bits per heavy atom. The molecule has 6 nitrogen and oxygen atoms in total. The van der Waals surface area contributed by atoms with E-state index in [-0.39, 0.29) is 5.69 Å². The van der Waals surface area contributed by atoms with Crippen LogP contribution in [0, 0.1) is 13.8 Å². The van der Waals surface area contributed by atoms with Gasteiger partial charge in [-0.3, -0.25) is 5.10 Å². The van der Waals surface area contributed by atoms with Crippen molar-refractivity contribution in [2.24, 2.45) is 0 Å². The maximum atomic E-state index is 11.0. The Morgan fingerprint density at radius 3 is 2.79 bits per heavy atom. The minimum atomic E-state index is -1.04. The van der Waals surface area contributed by atoms with Crippen molar-refractivity contribution in [3.8, 4) is 11.4 Å². The van der Waals surface area contributed by atoms with Crippen molar-refractivity contribution in [2.45, 2.75) is 13.8 Å². The fraction of sp³-hybridized carbons (Fsp3) is 0.154. The second-order valence-corrected chi connectivity index (χ2v) is 4.46. The number of nitrogens with zero attached hydrogens (tertiary/aromatic N) is 3. The van der Waals surface area contributed by atoms with Gasteiger partial charge in [-0.1, -0.05) is 12.1 Å². The Labute approximate surface area is 108 Å². The van der Waals surface area contributed by atoms with Crippen LogP contribution in [0.3, 0.4) is 0 Å². The number of aromatic nitrogens is 4. The lowest BCUT2D eigenvalue weighted by molar-refractivity contribution is 0.0688. The Hall–Kier alpha value is -2.63. The molecule has 0 saturated carbocycles. The van der Waals surface area contributed by atoms with E-state index >= 15 is 0 Å². The maximum absolute atomic E-state index is 11.0. The second kappa shape index (κ2) is 3.94. The molecule has 0 aliphatic rings. The summed E-state index contributed by atoms with van der Waals surface area (Å²) in [6, 6.07) is 5.96. The number of carboxylic acid groups (broad SMARTS) is 1. The maximum Gasteiger partial charge on any atom is 0.356 e. The summed E-state index contributed by atoms with van der Waals surface area (Å²) in [4.78, 5) is 19.3. The van der Waals surface area contributed by atoms with Crippen LogP contribution in [0.1, 0.15) is 21.6 Å². The number of H-pyrrole nitrogens is 1. The third-order valence-corrected chi connectivity index (χ3v) is 3.17. The Bertz CT molecular complexity index is 785. The zero-order valence-corrected chi connectivity index (χ0v) is 10.5. The van der Waals surface area contributed by atoms with Gasteiger partial charge >= 0.3 is 5.97 Å². The van der Waals surface area contributed by atoms with Crippen LogP contribution in [0.25, 0.3) is 17.2 Å². The first kappa shape index (κ1) is 11.5. The average Bonchev–Trinajstić information content (AvgIpc) is 2.91. The highest BCUT2D eigenvalue weighted by Crippen LogP contribution is 2.20. The van der Waals surface area contributed by atoms with Gasteiger partial charge in [-0.05, 0) is 31.0 Å². The molecule has 0 aliphatic carbocycles. The zero-order chi connectivity index (χ0) is 13.6. The molecule has 2 heterocycles. The molecule has 6 heteroatoms. The second-order valence-electron chi connectivity index (χ2n) is 4.46. The van der Waals surface area contributed by atoms with Gasteiger partial charge in [0, 0.05) is 5.56 Å². The van der Waals surface area contributed by atoms with Crippen molar-refractivity contribution in [3.05, 3.63) is 41.2 Å². The summed E-state index contributed by atoms with van der Waals surface area (Å²) < 4.78 is 1.37. The molecule has 2 aromatic heterocycles. The van der Waals surface area contributed by atoms with Gasteiger partial charge in [0.15, 0.2) is 11.5 Å². The number of aromatic amines is 1. The standard InChI is InChI=1S/C13H12N4O2/c1-7-3-4-9(5-8(7)2)11-15-13-14-6-10(12(18)19)17(13)16-11/h3-6H,1-2H3,(H,18,19)(H,14,15,16). The lowest BCUT2D eigenvalue weighted by Gasteiger charge is -2.02. The number of rotatable bonds is 2. The summed E-state index contributed by atoms with van der Waals surface area (Å²) in [5, 5.41) is 12.0. The molecule has 0 radical (unpaired) electrons. The molecular weight excluding hydrogens is 244 g/mol. The lowest BCUT2D eigenvalue weighted by atomic mass is 10.1. The fourth-order valence-electron chi connectivity index (χ4n) is 1.93. The molecule has 0 saturated heterocycles. The van der Waals surface area contributed by atoms with Gasteiger partial charge in [-0.25, -0.2) is 14.3 Å². The number of imidazole rings is 1. The van der Waals surface area contributed by atoms with Crippen LogP contribution in [0.4, 0.5) is 0 Å². The van der Waals surface area contributed by atoms with Gasteiger partial charge in [-0.15, -0.1) is 0 Å². The highest BCUT2D eigenvalue weighted by Gasteiger charge is 2.14. The molecule has 19 heavy (non-hydrogen) atoms. The van der Waals surface area contributed by atoms with Gasteiger partial charge in [-0.2, -0.15) is 4.98 Å². The topological polar surface area (TPSA) is 83.3 Å². The summed E-state index contributed by atoms with van der Waals surface area (Å²) in [7, 11) is 0. The first-order chi connectivity index (χ1) is 9.06. The molecule has 0 unspecified atom stereocenters. The molecular formula is C13H12N4O2. The van der Waals surface area contributed by atoms with Gasteiger partial charge < -0.3 is 5.11 Å². The van der Waals surface area contributed by atoms with E-state index < -0.39 is 5.97 Å². The van der Waals surface area contributed by atoms with Crippen LogP contribution in [0.5, 0.6) is 0 Å². The average molecular weight is 256 g/mol. The first-order valence-electron chi connectivity index (χ1n) is 5.80. The minimum absolute atomic E-state index is 0.0672. The highest BCUT2D eigenvalue weighted by atomic mass is 16.4. The van der Waals surface area contributed by atoms with Crippen LogP contribution in [-0.4, -0.2) is 30.7 Å². The number of hydrogen-bond acceptors (Lipinski definition) is 3. The normalized spacial score (nSPS) is 11.1. The molecule has 2 N–H and O–H groups in total. The number of carbonyl (C=O) groups is 1.